The fourth-order valence-corrected chi connectivity index (χ4v) is 2.92. The van der Waals surface area contributed by atoms with E-state index in [1.807, 2.05) is 41.3 Å². The van der Waals surface area contributed by atoms with Crippen LogP contribution in [-0.4, -0.2) is 24.2 Å². The van der Waals surface area contributed by atoms with Gasteiger partial charge in [-0.15, -0.1) is 0 Å². The van der Waals surface area contributed by atoms with Crippen molar-refractivity contribution in [2.75, 3.05) is 18.1 Å². The predicted molar refractivity (Wildman–Crippen MR) is 90.1 cm³/mol. The summed E-state index contributed by atoms with van der Waals surface area (Å²) in [7, 11) is 0. The Morgan fingerprint density at radius 1 is 1.13 bits per heavy atom. The lowest BCUT2D eigenvalue weighted by Gasteiger charge is -2.22. The summed E-state index contributed by atoms with van der Waals surface area (Å²) < 4.78 is 5.51. The van der Waals surface area contributed by atoms with E-state index in [-0.39, 0.29) is 19.1 Å². The van der Waals surface area contributed by atoms with E-state index in [1.165, 1.54) is 0 Å². The molecule has 1 amide bonds. The molecule has 4 heteroatoms. The van der Waals surface area contributed by atoms with E-state index in [4.69, 9.17) is 4.74 Å². The van der Waals surface area contributed by atoms with Crippen LogP contribution in [0.5, 0.6) is 0 Å². The van der Waals surface area contributed by atoms with Crippen LogP contribution >= 0.6 is 0 Å². The number of carbonyl (C=O) groups excluding carboxylic acids is 1. The molecule has 0 spiro atoms. The van der Waals surface area contributed by atoms with Crippen molar-refractivity contribution in [3.05, 3.63) is 53.6 Å². The van der Waals surface area contributed by atoms with Crippen LogP contribution in [0.3, 0.4) is 0 Å². The second-order valence-corrected chi connectivity index (χ2v) is 5.74. The molecule has 1 heterocycles. The van der Waals surface area contributed by atoms with Gasteiger partial charge in [0.1, 0.15) is 6.61 Å². The molecule has 0 atom stereocenters. The average Bonchev–Trinajstić information content (AvgIpc) is 2.74. The molecule has 2 aromatic carbocycles. The second-order valence-electron chi connectivity index (χ2n) is 5.74. The van der Waals surface area contributed by atoms with Crippen molar-refractivity contribution in [1.82, 2.24) is 0 Å². The lowest BCUT2D eigenvalue weighted by molar-refractivity contribution is -0.123. The molecule has 1 N–H and O–H groups in total. The Balaban J connectivity index is 2.01. The van der Waals surface area contributed by atoms with Crippen molar-refractivity contribution in [2.24, 2.45) is 0 Å². The van der Waals surface area contributed by atoms with Gasteiger partial charge >= 0.3 is 0 Å². The van der Waals surface area contributed by atoms with Crippen molar-refractivity contribution in [1.29, 1.82) is 0 Å². The molecule has 1 aliphatic rings. The fraction of sp³-hybridized carbons (Fsp3) is 0.316. The summed E-state index contributed by atoms with van der Waals surface area (Å²) in [6.45, 7) is 3.36. The van der Waals surface area contributed by atoms with Gasteiger partial charge in [-0.2, -0.15) is 0 Å². The van der Waals surface area contributed by atoms with Gasteiger partial charge in [0, 0.05) is 17.8 Å². The maximum Gasteiger partial charge on any atom is 0.252 e. The smallest absolute Gasteiger partial charge is 0.252 e. The van der Waals surface area contributed by atoms with E-state index < -0.39 is 0 Å². The minimum atomic E-state index is 0.0145. The van der Waals surface area contributed by atoms with E-state index in [9.17, 15) is 9.90 Å². The number of aliphatic hydroxyl groups is 1. The first-order chi connectivity index (χ1) is 11.2. The molecule has 4 nitrogen and oxygen atoms in total. The Hall–Kier alpha value is -2.17. The van der Waals surface area contributed by atoms with Crippen molar-refractivity contribution < 1.29 is 14.6 Å². The van der Waals surface area contributed by atoms with E-state index >= 15 is 0 Å². The Morgan fingerprint density at radius 2 is 1.96 bits per heavy atom. The molecule has 0 saturated carbocycles. The number of amides is 1. The van der Waals surface area contributed by atoms with Crippen molar-refractivity contribution >= 4 is 11.6 Å². The van der Waals surface area contributed by atoms with Gasteiger partial charge in [-0.3, -0.25) is 4.79 Å². The molecule has 120 valence electrons. The lowest BCUT2D eigenvalue weighted by Crippen LogP contribution is -2.33. The van der Waals surface area contributed by atoms with Gasteiger partial charge in [0.05, 0.1) is 13.2 Å². The molecular formula is C19H21NO3. The molecule has 0 fully saturated rings. The summed E-state index contributed by atoms with van der Waals surface area (Å²) in [5.74, 6) is 0.0145. The van der Waals surface area contributed by atoms with Crippen molar-refractivity contribution in [3.8, 4) is 11.1 Å². The summed E-state index contributed by atoms with van der Waals surface area (Å²) in [6, 6.07) is 13.9. The third-order valence-electron chi connectivity index (χ3n) is 4.04. The molecule has 3 rings (SSSR count). The largest absolute Gasteiger partial charge is 0.392 e. The molecule has 2 aromatic rings. The fourth-order valence-electron chi connectivity index (χ4n) is 2.92. The van der Waals surface area contributed by atoms with Crippen LogP contribution < -0.4 is 4.90 Å². The summed E-state index contributed by atoms with van der Waals surface area (Å²) in [5, 5.41) is 9.30. The van der Waals surface area contributed by atoms with E-state index in [0.29, 0.717) is 13.2 Å². The highest BCUT2D eigenvalue weighted by molar-refractivity contribution is 5.96. The van der Waals surface area contributed by atoms with Crippen LogP contribution in [0, 0.1) is 0 Å². The molecular weight excluding hydrogens is 290 g/mol. The maximum atomic E-state index is 12.2. The number of benzene rings is 2. The Kier molecular flexibility index (Phi) is 4.74. The van der Waals surface area contributed by atoms with Crippen LogP contribution in [0.15, 0.2) is 42.5 Å². The van der Waals surface area contributed by atoms with Crippen LogP contribution in [0.4, 0.5) is 5.69 Å². The maximum absolute atomic E-state index is 12.2. The van der Waals surface area contributed by atoms with Crippen LogP contribution in [0.1, 0.15) is 24.5 Å². The van der Waals surface area contributed by atoms with Crippen molar-refractivity contribution in [3.63, 3.8) is 0 Å². The molecule has 0 aromatic heterocycles. The minimum Gasteiger partial charge on any atom is -0.392 e. The number of aliphatic hydroxyl groups excluding tert-OH is 1. The second kappa shape index (κ2) is 6.94. The van der Waals surface area contributed by atoms with Gasteiger partial charge in [0.2, 0.25) is 0 Å². The molecule has 0 aliphatic carbocycles. The van der Waals surface area contributed by atoms with E-state index in [1.54, 1.807) is 0 Å². The van der Waals surface area contributed by atoms with Gasteiger partial charge in [0.15, 0.2) is 0 Å². The number of carbonyl (C=O) groups is 1. The van der Waals surface area contributed by atoms with Gasteiger partial charge in [-0.25, -0.2) is 0 Å². The standard InChI is InChI=1S/C19H21NO3/c1-2-8-20-18-7-6-16(10-17(18)12-23-13-19(20)22)15-5-3-4-14(9-15)11-21/h3-7,9-10,21H,2,8,11-13H2,1H3. The lowest BCUT2D eigenvalue weighted by atomic mass is 10.00. The third-order valence-corrected chi connectivity index (χ3v) is 4.04. The van der Waals surface area contributed by atoms with Gasteiger partial charge in [0.25, 0.3) is 5.91 Å². The Bertz CT molecular complexity index is 712. The Labute approximate surface area is 136 Å². The molecule has 1 aliphatic heterocycles. The van der Waals surface area contributed by atoms with Crippen molar-refractivity contribution in [2.45, 2.75) is 26.6 Å². The predicted octanol–water partition coefficient (Wildman–Crippen LogP) is 3.12. The van der Waals surface area contributed by atoms with Crippen LogP contribution in [0.25, 0.3) is 11.1 Å². The van der Waals surface area contributed by atoms with E-state index in [2.05, 4.69) is 13.0 Å². The average molecular weight is 311 g/mol. The van der Waals surface area contributed by atoms with E-state index in [0.717, 1.165) is 34.4 Å². The molecule has 0 saturated heterocycles. The van der Waals surface area contributed by atoms with Gasteiger partial charge in [-0.05, 0) is 41.3 Å². The number of hydrogen-bond donors (Lipinski definition) is 1. The molecule has 0 radical (unpaired) electrons. The van der Waals surface area contributed by atoms with Crippen LogP contribution in [-0.2, 0) is 22.7 Å². The first-order valence-corrected chi connectivity index (χ1v) is 7.94. The first kappa shape index (κ1) is 15.7. The third kappa shape index (κ3) is 3.28. The zero-order valence-electron chi connectivity index (χ0n) is 13.3. The van der Waals surface area contributed by atoms with Gasteiger partial charge in [-0.1, -0.05) is 31.2 Å². The van der Waals surface area contributed by atoms with Crippen LogP contribution in [0.2, 0.25) is 0 Å². The number of fused-ring (bicyclic) bond motifs is 1. The topological polar surface area (TPSA) is 49.8 Å². The number of ether oxygens (including phenoxy) is 1. The number of hydrogen-bond acceptors (Lipinski definition) is 3. The Morgan fingerprint density at radius 3 is 2.74 bits per heavy atom. The highest BCUT2D eigenvalue weighted by Crippen LogP contribution is 2.30. The minimum absolute atomic E-state index is 0.0145. The summed E-state index contributed by atoms with van der Waals surface area (Å²) in [4.78, 5) is 14.0. The highest BCUT2D eigenvalue weighted by atomic mass is 16.5. The number of nitrogens with zero attached hydrogens (tertiary/aromatic N) is 1. The summed E-state index contributed by atoms with van der Waals surface area (Å²) in [6.07, 6.45) is 0.908. The quantitative estimate of drug-likeness (QED) is 0.944. The SMILES string of the molecule is CCCN1C(=O)COCc2cc(-c3cccc(CO)c3)ccc21. The normalized spacial score (nSPS) is 14.5. The first-order valence-electron chi connectivity index (χ1n) is 7.94. The molecule has 0 bridgehead atoms. The monoisotopic (exact) mass is 311 g/mol. The summed E-state index contributed by atoms with van der Waals surface area (Å²) >= 11 is 0. The molecule has 23 heavy (non-hydrogen) atoms. The van der Waals surface area contributed by atoms with Gasteiger partial charge < -0.3 is 14.7 Å². The zero-order valence-corrected chi connectivity index (χ0v) is 13.3. The molecule has 0 unspecified atom stereocenters. The number of rotatable bonds is 4. The summed E-state index contributed by atoms with van der Waals surface area (Å²) in [5.41, 5.74) is 4.97. The number of anilines is 1. The zero-order chi connectivity index (χ0) is 16.2. The highest BCUT2D eigenvalue weighted by Gasteiger charge is 2.22.